The maximum absolute atomic E-state index is 6.28. The van der Waals surface area contributed by atoms with Crippen LogP contribution in [0.1, 0.15) is 35.5 Å². The lowest BCUT2D eigenvalue weighted by atomic mass is 9.97. The fourth-order valence-electron chi connectivity index (χ4n) is 2.26. The molecular formula is C14H20N4. The van der Waals surface area contributed by atoms with E-state index in [0.29, 0.717) is 0 Å². The SMILES string of the molecule is CCn1ncnc1CC(N)c1ccc(C)cc1C. The van der Waals surface area contributed by atoms with E-state index in [2.05, 4.69) is 49.1 Å². The first-order valence-corrected chi connectivity index (χ1v) is 6.31. The van der Waals surface area contributed by atoms with Crippen molar-refractivity contribution in [2.75, 3.05) is 0 Å². The summed E-state index contributed by atoms with van der Waals surface area (Å²) in [5.41, 5.74) is 9.97. The first-order valence-electron chi connectivity index (χ1n) is 6.31. The van der Waals surface area contributed by atoms with Crippen molar-refractivity contribution in [1.82, 2.24) is 14.8 Å². The molecule has 0 saturated heterocycles. The van der Waals surface area contributed by atoms with Crippen molar-refractivity contribution in [3.63, 3.8) is 0 Å². The minimum atomic E-state index is -0.0277. The van der Waals surface area contributed by atoms with Crippen molar-refractivity contribution in [2.24, 2.45) is 5.73 Å². The van der Waals surface area contributed by atoms with Crippen LogP contribution in [0.15, 0.2) is 24.5 Å². The van der Waals surface area contributed by atoms with Gasteiger partial charge in [0.1, 0.15) is 12.2 Å². The molecule has 2 rings (SSSR count). The fraction of sp³-hybridized carbons (Fsp3) is 0.429. The normalized spacial score (nSPS) is 12.7. The van der Waals surface area contributed by atoms with Gasteiger partial charge in [-0.15, -0.1) is 0 Å². The number of benzene rings is 1. The highest BCUT2D eigenvalue weighted by atomic mass is 15.3. The molecule has 2 N–H and O–H groups in total. The molecule has 0 aliphatic rings. The molecule has 1 aromatic heterocycles. The van der Waals surface area contributed by atoms with Gasteiger partial charge in [-0.25, -0.2) is 4.98 Å². The third-order valence-electron chi connectivity index (χ3n) is 3.22. The summed E-state index contributed by atoms with van der Waals surface area (Å²) in [6.45, 7) is 7.08. The largest absolute Gasteiger partial charge is 0.324 e. The number of nitrogens with two attached hydrogens (primary N) is 1. The average molecular weight is 244 g/mol. The number of nitrogens with zero attached hydrogens (tertiary/aromatic N) is 3. The summed E-state index contributed by atoms with van der Waals surface area (Å²) < 4.78 is 1.89. The highest BCUT2D eigenvalue weighted by Gasteiger charge is 2.13. The molecule has 0 fully saturated rings. The van der Waals surface area contributed by atoms with Gasteiger partial charge in [0.25, 0.3) is 0 Å². The third kappa shape index (κ3) is 2.59. The number of rotatable bonds is 4. The van der Waals surface area contributed by atoms with Crippen LogP contribution in [0.4, 0.5) is 0 Å². The van der Waals surface area contributed by atoms with Crippen molar-refractivity contribution >= 4 is 0 Å². The minimum absolute atomic E-state index is 0.0277. The Bertz CT molecular complexity index is 530. The lowest BCUT2D eigenvalue weighted by molar-refractivity contribution is 0.580. The second kappa shape index (κ2) is 5.31. The molecule has 0 aliphatic heterocycles. The first-order chi connectivity index (χ1) is 8.61. The van der Waals surface area contributed by atoms with Crippen LogP contribution in [0.3, 0.4) is 0 Å². The van der Waals surface area contributed by atoms with Gasteiger partial charge < -0.3 is 5.73 Å². The standard InChI is InChI=1S/C14H20N4/c1-4-18-14(16-9-17-18)8-13(15)12-6-5-10(2)7-11(12)3/h5-7,9,13H,4,8,15H2,1-3H3. The highest BCUT2D eigenvalue weighted by Crippen LogP contribution is 2.19. The second-order valence-corrected chi connectivity index (χ2v) is 4.66. The Morgan fingerprint density at radius 3 is 2.78 bits per heavy atom. The highest BCUT2D eigenvalue weighted by molar-refractivity contribution is 5.33. The number of aryl methyl sites for hydroxylation is 3. The topological polar surface area (TPSA) is 56.7 Å². The van der Waals surface area contributed by atoms with E-state index < -0.39 is 0 Å². The van der Waals surface area contributed by atoms with E-state index in [1.807, 2.05) is 4.68 Å². The van der Waals surface area contributed by atoms with Crippen LogP contribution >= 0.6 is 0 Å². The van der Waals surface area contributed by atoms with Gasteiger partial charge in [-0.2, -0.15) is 5.10 Å². The van der Waals surface area contributed by atoms with E-state index in [-0.39, 0.29) is 6.04 Å². The van der Waals surface area contributed by atoms with Gasteiger partial charge in [-0.1, -0.05) is 23.8 Å². The Morgan fingerprint density at radius 2 is 2.11 bits per heavy atom. The van der Waals surface area contributed by atoms with E-state index >= 15 is 0 Å². The smallest absolute Gasteiger partial charge is 0.138 e. The lowest BCUT2D eigenvalue weighted by Crippen LogP contribution is -2.18. The van der Waals surface area contributed by atoms with Gasteiger partial charge in [0.15, 0.2) is 0 Å². The maximum atomic E-state index is 6.28. The molecule has 0 amide bonds. The molecule has 1 unspecified atom stereocenters. The number of aromatic nitrogens is 3. The maximum Gasteiger partial charge on any atom is 0.138 e. The molecule has 0 radical (unpaired) electrons. The summed E-state index contributed by atoms with van der Waals surface area (Å²) in [7, 11) is 0. The average Bonchev–Trinajstić information content (AvgIpc) is 2.76. The molecule has 2 aromatic rings. The van der Waals surface area contributed by atoms with Crippen LogP contribution in [-0.4, -0.2) is 14.8 Å². The molecule has 18 heavy (non-hydrogen) atoms. The summed E-state index contributed by atoms with van der Waals surface area (Å²) in [5.74, 6) is 0.949. The van der Waals surface area contributed by atoms with Gasteiger partial charge in [-0.05, 0) is 31.9 Å². The van der Waals surface area contributed by atoms with Crippen LogP contribution in [0.2, 0.25) is 0 Å². The van der Waals surface area contributed by atoms with Gasteiger partial charge in [0, 0.05) is 19.0 Å². The zero-order valence-electron chi connectivity index (χ0n) is 11.2. The van der Waals surface area contributed by atoms with E-state index in [4.69, 9.17) is 5.73 Å². The molecule has 4 heteroatoms. The molecule has 96 valence electrons. The monoisotopic (exact) mass is 244 g/mol. The minimum Gasteiger partial charge on any atom is -0.324 e. The van der Waals surface area contributed by atoms with Crippen molar-refractivity contribution in [2.45, 2.75) is 39.8 Å². The van der Waals surface area contributed by atoms with E-state index in [9.17, 15) is 0 Å². The van der Waals surface area contributed by atoms with Gasteiger partial charge in [0.05, 0.1) is 0 Å². The molecule has 0 spiro atoms. The molecule has 0 aliphatic carbocycles. The molecule has 1 aromatic carbocycles. The van der Waals surface area contributed by atoms with Crippen molar-refractivity contribution < 1.29 is 0 Å². The summed E-state index contributed by atoms with van der Waals surface area (Å²) in [6.07, 6.45) is 2.31. The van der Waals surface area contributed by atoms with Gasteiger partial charge in [-0.3, -0.25) is 4.68 Å². The van der Waals surface area contributed by atoms with E-state index in [1.54, 1.807) is 6.33 Å². The number of hydrogen-bond donors (Lipinski definition) is 1. The Balaban J connectivity index is 2.19. The summed E-state index contributed by atoms with van der Waals surface area (Å²) in [4.78, 5) is 4.27. The molecule has 1 heterocycles. The van der Waals surface area contributed by atoms with E-state index in [1.165, 1.54) is 16.7 Å². The summed E-state index contributed by atoms with van der Waals surface area (Å²) >= 11 is 0. The van der Waals surface area contributed by atoms with Crippen molar-refractivity contribution in [3.8, 4) is 0 Å². The Kier molecular flexibility index (Phi) is 3.77. The molecule has 0 saturated carbocycles. The van der Waals surface area contributed by atoms with Gasteiger partial charge in [0.2, 0.25) is 0 Å². The van der Waals surface area contributed by atoms with Crippen LogP contribution < -0.4 is 5.73 Å². The van der Waals surface area contributed by atoms with Crippen molar-refractivity contribution in [1.29, 1.82) is 0 Å². The molecule has 0 bridgehead atoms. The fourth-order valence-corrected chi connectivity index (χ4v) is 2.26. The van der Waals surface area contributed by atoms with Crippen LogP contribution in [0.25, 0.3) is 0 Å². The summed E-state index contributed by atoms with van der Waals surface area (Å²) in [6, 6.07) is 6.36. The molecule has 1 atom stereocenters. The Hall–Kier alpha value is -1.68. The number of hydrogen-bond acceptors (Lipinski definition) is 3. The van der Waals surface area contributed by atoms with Crippen LogP contribution in [0.5, 0.6) is 0 Å². The molecular weight excluding hydrogens is 224 g/mol. The molecule has 4 nitrogen and oxygen atoms in total. The summed E-state index contributed by atoms with van der Waals surface area (Å²) in [5, 5.41) is 4.17. The lowest BCUT2D eigenvalue weighted by Gasteiger charge is -2.15. The van der Waals surface area contributed by atoms with Crippen molar-refractivity contribution in [3.05, 3.63) is 47.0 Å². The zero-order chi connectivity index (χ0) is 13.1. The van der Waals surface area contributed by atoms with Gasteiger partial charge >= 0.3 is 0 Å². The predicted octanol–water partition coefficient (Wildman–Crippen LogP) is 2.16. The zero-order valence-corrected chi connectivity index (χ0v) is 11.2. The third-order valence-corrected chi connectivity index (χ3v) is 3.22. The Morgan fingerprint density at radius 1 is 1.33 bits per heavy atom. The second-order valence-electron chi connectivity index (χ2n) is 4.66. The quantitative estimate of drug-likeness (QED) is 0.896. The van der Waals surface area contributed by atoms with E-state index in [0.717, 1.165) is 18.8 Å². The van der Waals surface area contributed by atoms with Crippen LogP contribution in [-0.2, 0) is 13.0 Å². The first kappa shape index (κ1) is 12.8. The predicted molar refractivity (Wildman–Crippen MR) is 72.2 cm³/mol. The Labute approximate surface area is 108 Å². The van der Waals surface area contributed by atoms with Crippen LogP contribution in [0, 0.1) is 13.8 Å².